The molecule has 1 heterocycles. The van der Waals surface area contributed by atoms with Crippen molar-refractivity contribution in [1.29, 1.82) is 0 Å². The van der Waals surface area contributed by atoms with Crippen LogP contribution in [0.4, 0.5) is 0 Å². The third-order valence-electron chi connectivity index (χ3n) is 4.31. The predicted molar refractivity (Wildman–Crippen MR) is 82.5 cm³/mol. The second-order valence-corrected chi connectivity index (χ2v) is 7.22. The van der Waals surface area contributed by atoms with Crippen LogP contribution in [0.25, 0.3) is 0 Å². The van der Waals surface area contributed by atoms with Gasteiger partial charge in [-0.25, -0.2) is 4.98 Å². The number of aryl methyl sites for hydroxylation is 1. The maximum absolute atomic E-state index is 12.8. The lowest BCUT2D eigenvalue weighted by atomic mass is 9.79. The molecule has 0 aliphatic heterocycles. The van der Waals surface area contributed by atoms with E-state index < -0.39 is 0 Å². The Labute approximate surface area is 125 Å². The Morgan fingerprint density at radius 2 is 2.05 bits per heavy atom. The molecule has 1 aliphatic carbocycles. The highest BCUT2D eigenvalue weighted by atomic mass is 32.1. The fourth-order valence-electron chi connectivity index (χ4n) is 3.10. The first-order valence-electron chi connectivity index (χ1n) is 7.44. The van der Waals surface area contributed by atoms with Crippen molar-refractivity contribution in [3.63, 3.8) is 0 Å². The molecule has 0 atom stereocenters. The average molecular weight is 295 g/mol. The molecule has 0 spiro atoms. The van der Waals surface area contributed by atoms with E-state index in [1.165, 1.54) is 12.8 Å². The molecule has 0 unspecified atom stereocenters. The summed E-state index contributed by atoms with van der Waals surface area (Å²) < 4.78 is 0. The Balaban J connectivity index is 2.06. The predicted octanol–water partition coefficient (Wildman–Crippen LogP) is 2.71. The normalized spacial score (nSPS) is 18.6. The minimum atomic E-state index is -0.328. The molecule has 0 saturated heterocycles. The summed E-state index contributed by atoms with van der Waals surface area (Å²) in [7, 11) is 1.89. The molecule has 20 heavy (non-hydrogen) atoms. The third-order valence-corrected chi connectivity index (χ3v) is 5.21. The molecule has 1 aromatic heterocycles. The zero-order valence-corrected chi connectivity index (χ0v) is 13.3. The van der Waals surface area contributed by atoms with Crippen LogP contribution in [0.2, 0.25) is 0 Å². The fourth-order valence-corrected chi connectivity index (χ4v) is 3.95. The lowest BCUT2D eigenvalue weighted by molar-refractivity contribution is -0.141. The highest BCUT2D eigenvalue weighted by molar-refractivity contribution is 7.11. The van der Waals surface area contributed by atoms with Gasteiger partial charge in [0.05, 0.1) is 17.0 Å². The van der Waals surface area contributed by atoms with Crippen LogP contribution in [0.1, 0.15) is 48.4 Å². The van der Waals surface area contributed by atoms with Crippen molar-refractivity contribution >= 4 is 17.2 Å². The van der Waals surface area contributed by atoms with Gasteiger partial charge in [-0.3, -0.25) is 4.79 Å². The molecule has 1 aromatic rings. The van der Waals surface area contributed by atoms with Crippen molar-refractivity contribution in [3.05, 3.63) is 16.1 Å². The topological polar surface area (TPSA) is 59.2 Å². The molecule has 112 valence electrons. The molecule has 1 saturated carbocycles. The summed E-state index contributed by atoms with van der Waals surface area (Å²) in [5.41, 5.74) is 5.66. The van der Waals surface area contributed by atoms with Crippen molar-refractivity contribution in [2.75, 3.05) is 13.6 Å². The molecule has 1 amide bonds. The van der Waals surface area contributed by atoms with Gasteiger partial charge < -0.3 is 10.6 Å². The number of aromatic nitrogens is 1. The standard InChI is InChI=1S/C15H25N3OS/c1-12-17-9-13(20-12)10-18(2)14(19)15(11-16)7-5-3-4-6-8-15/h9H,3-8,10-11,16H2,1-2H3. The highest BCUT2D eigenvalue weighted by Crippen LogP contribution is 2.36. The Morgan fingerprint density at radius 3 is 2.55 bits per heavy atom. The molecule has 1 aliphatic rings. The van der Waals surface area contributed by atoms with Gasteiger partial charge in [0, 0.05) is 24.7 Å². The first-order chi connectivity index (χ1) is 9.57. The summed E-state index contributed by atoms with van der Waals surface area (Å²) >= 11 is 1.65. The SMILES string of the molecule is Cc1ncc(CN(C)C(=O)C2(CN)CCCCCC2)s1. The number of carbonyl (C=O) groups excluding carboxylic acids is 1. The van der Waals surface area contributed by atoms with Gasteiger partial charge >= 0.3 is 0 Å². The molecular formula is C15H25N3OS. The lowest BCUT2D eigenvalue weighted by Gasteiger charge is -2.34. The quantitative estimate of drug-likeness (QED) is 0.869. The minimum Gasteiger partial charge on any atom is -0.340 e. The number of nitrogens with zero attached hydrogens (tertiary/aromatic N) is 2. The molecule has 4 nitrogen and oxygen atoms in total. The van der Waals surface area contributed by atoms with Crippen molar-refractivity contribution in [2.24, 2.45) is 11.1 Å². The molecule has 0 aromatic carbocycles. The van der Waals surface area contributed by atoms with Gasteiger partial charge in [0.25, 0.3) is 0 Å². The molecule has 0 radical (unpaired) electrons. The number of amides is 1. The monoisotopic (exact) mass is 295 g/mol. The van der Waals surface area contributed by atoms with E-state index >= 15 is 0 Å². The van der Waals surface area contributed by atoms with E-state index in [2.05, 4.69) is 4.98 Å². The third kappa shape index (κ3) is 3.38. The number of nitrogens with two attached hydrogens (primary N) is 1. The largest absolute Gasteiger partial charge is 0.340 e. The second-order valence-electron chi connectivity index (χ2n) is 5.91. The van der Waals surface area contributed by atoms with Crippen LogP contribution in [0.15, 0.2) is 6.20 Å². The maximum Gasteiger partial charge on any atom is 0.230 e. The minimum absolute atomic E-state index is 0.216. The summed E-state index contributed by atoms with van der Waals surface area (Å²) in [6.45, 7) is 3.10. The van der Waals surface area contributed by atoms with E-state index in [0.717, 1.165) is 35.6 Å². The first-order valence-corrected chi connectivity index (χ1v) is 8.26. The summed E-state index contributed by atoms with van der Waals surface area (Å²) in [4.78, 5) is 20.1. The zero-order valence-electron chi connectivity index (χ0n) is 12.5. The van der Waals surface area contributed by atoms with Crippen LogP contribution in [-0.4, -0.2) is 29.4 Å². The number of thiazole rings is 1. The van der Waals surface area contributed by atoms with E-state index in [9.17, 15) is 4.79 Å². The number of hydrogen-bond acceptors (Lipinski definition) is 4. The Morgan fingerprint density at radius 1 is 1.40 bits per heavy atom. The molecule has 0 bridgehead atoms. The number of carbonyl (C=O) groups is 1. The summed E-state index contributed by atoms with van der Waals surface area (Å²) in [5, 5.41) is 1.05. The van der Waals surface area contributed by atoms with Crippen molar-refractivity contribution in [2.45, 2.75) is 52.0 Å². The highest BCUT2D eigenvalue weighted by Gasteiger charge is 2.39. The van der Waals surface area contributed by atoms with E-state index in [1.807, 2.05) is 25.1 Å². The molecular weight excluding hydrogens is 270 g/mol. The van der Waals surface area contributed by atoms with Crippen molar-refractivity contribution in [3.8, 4) is 0 Å². The van der Waals surface area contributed by atoms with Gasteiger partial charge in [-0.05, 0) is 19.8 Å². The molecule has 1 fully saturated rings. The molecule has 2 N–H and O–H groups in total. The molecule has 5 heteroatoms. The smallest absolute Gasteiger partial charge is 0.230 e. The van der Waals surface area contributed by atoms with Crippen LogP contribution < -0.4 is 5.73 Å². The van der Waals surface area contributed by atoms with Gasteiger partial charge in [-0.1, -0.05) is 25.7 Å². The van der Waals surface area contributed by atoms with Gasteiger partial charge in [0.2, 0.25) is 5.91 Å². The van der Waals surface area contributed by atoms with E-state index in [1.54, 1.807) is 11.3 Å². The van der Waals surface area contributed by atoms with Gasteiger partial charge in [0.1, 0.15) is 0 Å². The maximum atomic E-state index is 12.8. The molecule has 2 rings (SSSR count). The van der Waals surface area contributed by atoms with E-state index in [4.69, 9.17) is 5.73 Å². The number of hydrogen-bond donors (Lipinski definition) is 1. The fraction of sp³-hybridized carbons (Fsp3) is 0.733. The van der Waals surface area contributed by atoms with Crippen molar-refractivity contribution in [1.82, 2.24) is 9.88 Å². The van der Waals surface area contributed by atoms with E-state index in [0.29, 0.717) is 13.1 Å². The lowest BCUT2D eigenvalue weighted by Crippen LogP contribution is -2.46. The van der Waals surface area contributed by atoms with Crippen molar-refractivity contribution < 1.29 is 4.79 Å². The summed E-state index contributed by atoms with van der Waals surface area (Å²) in [5.74, 6) is 0.216. The van der Waals surface area contributed by atoms with Crippen LogP contribution in [0.3, 0.4) is 0 Å². The van der Waals surface area contributed by atoms with E-state index in [-0.39, 0.29) is 11.3 Å². The van der Waals surface area contributed by atoms with Gasteiger partial charge in [-0.2, -0.15) is 0 Å². The second kappa shape index (κ2) is 6.68. The van der Waals surface area contributed by atoms with Gasteiger partial charge in [-0.15, -0.1) is 11.3 Å². The summed E-state index contributed by atoms with van der Waals surface area (Å²) in [6.07, 6.45) is 8.45. The van der Waals surface area contributed by atoms with Crippen LogP contribution in [-0.2, 0) is 11.3 Å². The zero-order chi connectivity index (χ0) is 14.6. The Hall–Kier alpha value is -0.940. The number of rotatable bonds is 4. The van der Waals surface area contributed by atoms with Crippen LogP contribution in [0.5, 0.6) is 0 Å². The van der Waals surface area contributed by atoms with Gasteiger partial charge in [0.15, 0.2) is 0 Å². The Kier molecular flexibility index (Phi) is 5.16. The van der Waals surface area contributed by atoms with Crippen LogP contribution >= 0.6 is 11.3 Å². The first kappa shape index (κ1) is 15.4. The summed E-state index contributed by atoms with van der Waals surface area (Å²) in [6, 6.07) is 0. The Bertz CT molecular complexity index is 450. The van der Waals surface area contributed by atoms with Crippen LogP contribution in [0, 0.1) is 12.3 Å². The average Bonchev–Trinajstić information content (AvgIpc) is 2.71.